The first-order valence-corrected chi connectivity index (χ1v) is 9.10. The van der Waals surface area contributed by atoms with E-state index in [0.29, 0.717) is 24.1 Å². The zero-order valence-electron chi connectivity index (χ0n) is 14.5. The lowest BCUT2D eigenvalue weighted by atomic mass is 10.1. The molecule has 0 aliphatic rings. The molecule has 0 saturated heterocycles. The first-order chi connectivity index (χ1) is 11.9. The van der Waals surface area contributed by atoms with Gasteiger partial charge in [0, 0.05) is 23.5 Å². The Bertz CT molecular complexity index is 770. The molecule has 0 fully saturated rings. The Labute approximate surface area is 151 Å². The van der Waals surface area contributed by atoms with Crippen molar-refractivity contribution in [3.05, 3.63) is 46.8 Å². The molecule has 0 spiro atoms. The van der Waals surface area contributed by atoms with E-state index in [0.717, 1.165) is 22.1 Å². The predicted molar refractivity (Wildman–Crippen MR) is 98.0 cm³/mol. The normalized spacial score (nSPS) is 10.5. The van der Waals surface area contributed by atoms with Crippen molar-refractivity contribution in [3.8, 4) is 0 Å². The summed E-state index contributed by atoms with van der Waals surface area (Å²) >= 11 is 1.49. The standard InChI is InChI=1S/C18H21N3O3S/c1-11-15(12(2)20-18(19-11)25-3)7-8-16(22)21-14-6-4-5-13(9-14)10-17(23)24/h4-6,9H,7-8,10H2,1-3H3,(H,21,22)(H,23,24). The van der Waals surface area contributed by atoms with Crippen LogP contribution >= 0.6 is 11.8 Å². The number of carbonyl (C=O) groups is 2. The quantitative estimate of drug-likeness (QED) is 0.583. The number of nitrogens with one attached hydrogen (secondary N) is 1. The van der Waals surface area contributed by atoms with Gasteiger partial charge in [0.25, 0.3) is 0 Å². The number of hydrogen-bond donors (Lipinski definition) is 2. The van der Waals surface area contributed by atoms with Crippen molar-refractivity contribution in [2.24, 2.45) is 0 Å². The number of benzene rings is 1. The second kappa shape index (κ2) is 8.62. The van der Waals surface area contributed by atoms with Crippen molar-refractivity contribution in [3.63, 3.8) is 0 Å². The molecule has 2 aromatic rings. The summed E-state index contributed by atoms with van der Waals surface area (Å²) in [7, 11) is 0. The molecule has 7 heteroatoms. The molecule has 1 aromatic carbocycles. The van der Waals surface area contributed by atoms with Gasteiger partial charge in [-0.25, -0.2) is 9.97 Å². The molecule has 132 valence electrons. The topological polar surface area (TPSA) is 92.2 Å². The highest BCUT2D eigenvalue weighted by atomic mass is 32.2. The maximum atomic E-state index is 12.2. The number of aliphatic carboxylic acids is 1. The van der Waals surface area contributed by atoms with E-state index in [-0.39, 0.29) is 12.3 Å². The summed E-state index contributed by atoms with van der Waals surface area (Å²) in [5.41, 5.74) is 4.04. The highest BCUT2D eigenvalue weighted by Crippen LogP contribution is 2.18. The SMILES string of the molecule is CSc1nc(C)c(CCC(=O)Nc2cccc(CC(=O)O)c2)c(C)n1. The fourth-order valence-corrected chi connectivity index (χ4v) is 3.01. The Hall–Kier alpha value is -2.41. The molecule has 1 heterocycles. The number of aryl methyl sites for hydroxylation is 2. The van der Waals surface area contributed by atoms with E-state index >= 15 is 0 Å². The van der Waals surface area contributed by atoms with Gasteiger partial charge in [-0.2, -0.15) is 0 Å². The minimum atomic E-state index is -0.900. The highest BCUT2D eigenvalue weighted by molar-refractivity contribution is 7.98. The Morgan fingerprint density at radius 2 is 1.88 bits per heavy atom. The number of carbonyl (C=O) groups excluding carboxylic acids is 1. The van der Waals surface area contributed by atoms with Crippen LogP contribution in [0.2, 0.25) is 0 Å². The van der Waals surface area contributed by atoms with Crippen LogP contribution in [0.25, 0.3) is 0 Å². The van der Waals surface area contributed by atoms with E-state index < -0.39 is 5.97 Å². The molecule has 2 N–H and O–H groups in total. The van der Waals surface area contributed by atoms with Crippen LogP contribution in [0.15, 0.2) is 29.4 Å². The van der Waals surface area contributed by atoms with Crippen molar-refractivity contribution in [1.29, 1.82) is 0 Å². The van der Waals surface area contributed by atoms with Gasteiger partial charge in [-0.1, -0.05) is 23.9 Å². The lowest BCUT2D eigenvalue weighted by Gasteiger charge is -2.10. The number of carboxylic acid groups (broad SMARTS) is 1. The zero-order valence-corrected chi connectivity index (χ0v) is 15.3. The van der Waals surface area contributed by atoms with Gasteiger partial charge in [0.05, 0.1) is 6.42 Å². The Morgan fingerprint density at radius 3 is 2.48 bits per heavy atom. The lowest BCUT2D eigenvalue weighted by molar-refractivity contribution is -0.136. The van der Waals surface area contributed by atoms with Crippen LogP contribution in [0.4, 0.5) is 5.69 Å². The van der Waals surface area contributed by atoms with Crippen molar-refractivity contribution < 1.29 is 14.7 Å². The summed E-state index contributed by atoms with van der Waals surface area (Å²) in [5, 5.41) is 12.4. The maximum Gasteiger partial charge on any atom is 0.307 e. The molecule has 0 atom stereocenters. The predicted octanol–water partition coefficient (Wildman–Crippen LogP) is 3.01. The fraction of sp³-hybridized carbons (Fsp3) is 0.333. The summed E-state index contributed by atoms with van der Waals surface area (Å²) in [6.07, 6.45) is 2.74. The minimum absolute atomic E-state index is 0.0682. The third-order valence-corrected chi connectivity index (χ3v) is 4.30. The fourth-order valence-electron chi connectivity index (χ4n) is 2.56. The van der Waals surface area contributed by atoms with E-state index in [1.54, 1.807) is 24.3 Å². The molecule has 2 rings (SSSR count). The van der Waals surface area contributed by atoms with Crippen LogP contribution in [-0.2, 0) is 22.4 Å². The number of hydrogen-bond acceptors (Lipinski definition) is 5. The van der Waals surface area contributed by atoms with Crippen LogP contribution in [0, 0.1) is 13.8 Å². The molecule has 6 nitrogen and oxygen atoms in total. The number of amides is 1. The number of rotatable bonds is 7. The Kier molecular flexibility index (Phi) is 6.52. The van der Waals surface area contributed by atoms with E-state index in [2.05, 4.69) is 15.3 Å². The largest absolute Gasteiger partial charge is 0.481 e. The molecule has 0 saturated carbocycles. The van der Waals surface area contributed by atoms with Crippen molar-refractivity contribution in [2.45, 2.75) is 38.3 Å². The summed E-state index contributed by atoms with van der Waals surface area (Å²) in [6.45, 7) is 3.86. The molecule has 0 aliphatic carbocycles. The van der Waals surface area contributed by atoms with Gasteiger partial charge in [0.15, 0.2) is 5.16 Å². The van der Waals surface area contributed by atoms with E-state index in [1.807, 2.05) is 20.1 Å². The minimum Gasteiger partial charge on any atom is -0.481 e. The Morgan fingerprint density at radius 1 is 1.20 bits per heavy atom. The van der Waals surface area contributed by atoms with Gasteiger partial charge < -0.3 is 10.4 Å². The zero-order chi connectivity index (χ0) is 18.4. The van der Waals surface area contributed by atoms with Crippen molar-refractivity contribution >= 4 is 29.3 Å². The van der Waals surface area contributed by atoms with Gasteiger partial charge in [0.1, 0.15) is 0 Å². The third kappa shape index (κ3) is 5.56. The van der Waals surface area contributed by atoms with Crippen LogP contribution in [-0.4, -0.2) is 33.2 Å². The Balaban J connectivity index is 1.98. The third-order valence-electron chi connectivity index (χ3n) is 3.75. The lowest BCUT2D eigenvalue weighted by Crippen LogP contribution is -2.14. The van der Waals surface area contributed by atoms with Gasteiger partial charge in [-0.15, -0.1) is 0 Å². The number of nitrogens with zero attached hydrogens (tertiary/aromatic N) is 2. The van der Waals surface area contributed by atoms with Gasteiger partial charge in [-0.3, -0.25) is 9.59 Å². The van der Waals surface area contributed by atoms with Crippen LogP contribution in [0.3, 0.4) is 0 Å². The number of thioether (sulfide) groups is 1. The summed E-state index contributed by atoms with van der Waals surface area (Å²) in [4.78, 5) is 31.8. The average molecular weight is 359 g/mol. The van der Waals surface area contributed by atoms with Gasteiger partial charge in [0.2, 0.25) is 5.91 Å². The molecular weight excluding hydrogens is 338 g/mol. The summed E-state index contributed by atoms with van der Waals surface area (Å²) in [6, 6.07) is 6.88. The number of aromatic nitrogens is 2. The number of carboxylic acids is 1. The van der Waals surface area contributed by atoms with Crippen LogP contribution in [0.1, 0.15) is 28.9 Å². The van der Waals surface area contributed by atoms with Crippen LogP contribution < -0.4 is 5.32 Å². The molecule has 0 radical (unpaired) electrons. The van der Waals surface area contributed by atoms with E-state index in [1.165, 1.54) is 11.8 Å². The second-order valence-electron chi connectivity index (χ2n) is 5.68. The summed E-state index contributed by atoms with van der Waals surface area (Å²) in [5.74, 6) is -1.02. The second-order valence-corrected chi connectivity index (χ2v) is 6.45. The van der Waals surface area contributed by atoms with E-state index in [4.69, 9.17) is 5.11 Å². The molecule has 1 aromatic heterocycles. The maximum absolute atomic E-state index is 12.2. The highest BCUT2D eigenvalue weighted by Gasteiger charge is 2.11. The van der Waals surface area contributed by atoms with E-state index in [9.17, 15) is 9.59 Å². The molecule has 25 heavy (non-hydrogen) atoms. The van der Waals surface area contributed by atoms with Crippen molar-refractivity contribution in [2.75, 3.05) is 11.6 Å². The first-order valence-electron chi connectivity index (χ1n) is 7.87. The van der Waals surface area contributed by atoms with Gasteiger partial charge >= 0.3 is 5.97 Å². The molecule has 0 bridgehead atoms. The number of anilines is 1. The smallest absolute Gasteiger partial charge is 0.307 e. The average Bonchev–Trinajstić information content (AvgIpc) is 2.53. The van der Waals surface area contributed by atoms with Crippen LogP contribution in [0.5, 0.6) is 0 Å². The molecule has 1 amide bonds. The molecular formula is C18H21N3O3S. The van der Waals surface area contributed by atoms with Gasteiger partial charge in [-0.05, 0) is 49.8 Å². The first kappa shape index (κ1) is 18.9. The molecule has 0 unspecified atom stereocenters. The molecule has 0 aliphatic heterocycles. The monoisotopic (exact) mass is 359 g/mol. The summed E-state index contributed by atoms with van der Waals surface area (Å²) < 4.78 is 0. The van der Waals surface area contributed by atoms with Crippen molar-refractivity contribution in [1.82, 2.24) is 9.97 Å².